The summed E-state index contributed by atoms with van der Waals surface area (Å²) in [7, 11) is 5.02. The predicted octanol–water partition coefficient (Wildman–Crippen LogP) is 2.25. The average molecular weight is 410 g/mol. The second kappa shape index (κ2) is 9.41. The number of benzene rings is 2. The number of hydrogen-bond acceptors (Lipinski definition) is 6. The molecule has 1 heterocycles. The zero-order chi connectivity index (χ0) is 21.7. The van der Waals surface area contributed by atoms with Crippen molar-refractivity contribution in [2.45, 2.75) is 20.1 Å². The molecule has 0 spiro atoms. The van der Waals surface area contributed by atoms with Crippen LogP contribution in [0.25, 0.3) is 10.8 Å². The lowest BCUT2D eigenvalue weighted by Gasteiger charge is -2.19. The lowest BCUT2D eigenvalue weighted by atomic mass is 10.1. The monoisotopic (exact) mass is 410 g/mol. The fourth-order valence-electron chi connectivity index (χ4n) is 3.29. The molecule has 0 radical (unpaired) electrons. The Morgan fingerprint density at radius 2 is 1.90 bits per heavy atom. The second-order valence-electron chi connectivity index (χ2n) is 6.85. The number of carbonyl (C=O) groups excluding carboxylic acids is 1. The van der Waals surface area contributed by atoms with E-state index in [0.717, 1.165) is 5.56 Å². The molecule has 1 amide bonds. The smallest absolute Gasteiger partial charge is 0.275 e. The highest BCUT2D eigenvalue weighted by atomic mass is 16.5. The summed E-state index contributed by atoms with van der Waals surface area (Å²) in [5.41, 5.74) is 0.983. The van der Waals surface area contributed by atoms with E-state index >= 15 is 0 Å². The van der Waals surface area contributed by atoms with Gasteiger partial charge in [-0.1, -0.05) is 24.3 Å². The van der Waals surface area contributed by atoms with Gasteiger partial charge in [-0.05, 0) is 37.7 Å². The predicted molar refractivity (Wildman–Crippen MR) is 115 cm³/mol. The number of hydrogen-bond donors (Lipinski definition) is 1. The van der Waals surface area contributed by atoms with Crippen LogP contribution in [0.15, 0.2) is 47.3 Å². The zero-order valence-electron chi connectivity index (χ0n) is 17.6. The Labute approximate surface area is 175 Å². The highest BCUT2D eigenvalue weighted by Gasteiger charge is 2.16. The molecule has 0 aliphatic carbocycles. The van der Waals surface area contributed by atoms with E-state index in [0.29, 0.717) is 35.4 Å². The molecule has 8 nitrogen and oxygen atoms in total. The van der Waals surface area contributed by atoms with Crippen LogP contribution in [0.1, 0.15) is 23.0 Å². The first kappa shape index (κ1) is 21.3. The van der Waals surface area contributed by atoms with Crippen molar-refractivity contribution >= 4 is 16.7 Å². The minimum atomic E-state index is -0.334. The van der Waals surface area contributed by atoms with Crippen LogP contribution in [0.3, 0.4) is 0 Å². The maximum Gasteiger partial charge on any atom is 0.275 e. The number of nitrogens with one attached hydrogen (secondary N) is 1. The molecule has 1 aromatic heterocycles. The fourth-order valence-corrected chi connectivity index (χ4v) is 3.29. The van der Waals surface area contributed by atoms with Crippen molar-refractivity contribution in [1.82, 2.24) is 20.0 Å². The number of aromatic nitrogens is 2. The largest absolute Gasteiger partial charge is 0.493 e. The van der Waals surface area contributed by atoms with Crippen molar-refractivity contribution in [1.29, 1.82) is 0 Å². The Morgan fingerprint density at radius 3 is 2.57 bits per heavy atom. The van der Waals surface area contributed by atoms with Crippen molar-refractivity contribution in [2.24, 2.45) is 0 Å². The number of ether oxygens (including phenoxy) is 2. The standard InChI is InChI=1S/C22H26N4O4/c1-5-30-18-11-10-15(12-19(18)29-4)13-25(3)14-26-22(28)17-9-7-6-8-16(17)20(24-26)21(27)23-2/h6-12H,5,13-14H2,1-4H3,(H,23,27). The molecule has 0 fully saturated rings. The van der Waals surface area contributed by atoms with Gasteiger partial charge in [0.2, 0.25) is 0 Å². The van der Waals surface area contributed by atoms with Gasteiger partial charge in [-0.3, -0.25) is 14.5 Å². The van der Waals surface area contributed by atoms with Gasteiger partial charge in [0.1, 0.15) is 0 Å². The molecule has 1 N–H and O–H groups in total. The van der Waals surface area contributed by atoms with E-state index in [9.17, 15) is 9.59 Å². The molecule has 158 valence electrons. The summed E-state index contributed by atoms with van der Waals surface area (Å²) in [4.78, 5) is 27.1. The van der Waals surface area contributed by atoms with E-state index in [1.807, 2.05) is 37.1 Å². The zero-order valence-corrected chi connectivity index (χ0v) is 17.6. The molecular formula is C22H26N4O4. The Bertz CT molecular complexity index is 1110. The molecular weight excluding hydrogens is 384 g/mol. The van der Waals surface area contributed by atoms with E-state index in [1.54, 1.807) is 38.4 Å². The molecule has 0 aliphatic heterocycles. The van der Waals surface area contributed by atoms with Crippen molar-refractivity contribution in [2.75, 3.05) is 27.8 Å². The minimum Gasteiger partial charge on any atom is -0.493 e. The topological polar surface area (TPSA) is 85.7 Å². The molecule has 3 aromatic rings. The molecule has 0 unspecified atom stereocenters. The summed E-state index contributed by atoms with van der Waals surface area (Å²) in [6.07, 6.45) is 0. The quantitative estimate of drug-likeness (QED) is 0.613. The molecule has 3 rings (SSSR count). The third-order valence-electron chi connectivity index (χ3n) is 4.67. The maximum absolute atomic E-state index is 12.9. The van der Waals surface area contributed by atoms with Crippen LogP contribution in [0.4, 0.5) is 0 Å². The lowest BCUT2D eigenvalue weighted by Crippen LogP contribution is -2.34. The second-order valence-corrected chi connectivity index (χ2v) is 6.85. The summed E-state index contributed by atoms with van der Waals surface area (Å²) in [6, 6.07) is 12.7. The molecule has 0 aliphatic rings. The van der Waals surface area contributed by atoms with Gasteiger partial charge in [-0.25, -0.2) is 4.68 Å². The van der Waals surface area contributed by atoms with E-state index < -0.39 is 0 Å². The van der Waals surface area contributed by atoms with Crippen LogP contribution in [0.5, 0.6) is 11.5 Å². The van der Waals surface area contributed by atoms with Crippen molar-refractivity contribution in [3.63, 3.8) is 0 Å². The molecule has 8 heteroatoms. The summed E-state index contributed by atoms with van der Waals surface area (Å²) < 4.78 is 12.3. The van der Waals surface area contributed by atoms with Crippen LogP contribution < -0.4 is 20.3 Å². The normalized spacial score (nSPS) is 11.0. The Kier molecular flexibility index (Phi) is 6.68. The van der Waals surface area contributed by atoms with Crippen LogP contribution >= 0.6 is 0 Å². The first-order valence-electron chi connectivity index (χ1n) is 9.68. The molecule has 0 saturated carbocycles. The van der Waals surface area contributed by atoms with Gasteiger partial charge in [-0.2, -0.15) is 5.10 Å². The highest BCUT2D eigenvalue weighted by molar-refractivity contribution is 6.04. The summed E-state index contributed by atoms with van der Waals surface area (Å²) in [5.74, 6) is 1.01. The van der Waals surface area contributed by atoms with Crippen LogP contribution in [0.2, 0.25) is 0 Å². The maximum atomic E-state index is 12.9. The van der Waals surface area contributed by atoms with Gasteiger partial charge < -0.3 is 14.8 Å². The van der Waals surface area contributed by atoms with Gasteiger partial charge >= 0.3 is 0 Å². The molecule has 0 saturated heterocycles. The average Bonchev–Trinajstić information content (AvgIpc) is 2.76. The van der Waals surface area contributed by atoms with Gasteiger partial charge in [0, 0.05) is 19.0 Å². The van der Waals surface area contributed by atoms with Crippen molar-refractivity contribution < 1.29 is 14.3 Å². The van der Waals surface area contributed by atoms with Crippen LogP contribution in [0, 0.1) is 0 Å². The van der Waals surface area contributed by atoms with E-state index in [1.165, 1.54) is 4.68 Å². The molecule has 0 bridgehead atoms. The summed E-state index contributed by atoms with van der Waals surface area (Å²) in [6.45, 7) is 3.25. The van der Waals surface area contributed by atoms with Gasteiger partial charge in [-0.15, -0.1) is 0 Å². The van der Waals surface area contributed by atoms with Gasteiger partial charge in [0.25, 0.3) is 11.5 Å². The van der Waals surface area contributed by atoms with E-state index in [4.69, 9.17) is 9.47 Å². The number of nitrogens with zero attached hydrogens (tertiary/aromatic N) is 3. The van der Waals surface area contributed by atoms with Crippen molar-refractivity contribution in [3.8, 4) is 11.5 Å². The third kappa shape index (κ3) is 4.44. The number of carbonyl (C=O) groups is 1. The Hall–Kier alpha value is -3.39. The minimum absolute atomic E-state index is 0.225. The summed E-state index contributed by atoms with van der Waals surface area (Å²) in [5, 5.41) is 7.92. The van der Waals surface area contributed by atoms with Crippen LogP contribution in [-0.4, -0.2) is 48.4 Å². The number of methoxy groups -OCH3 is 1. The fraction of sp³-hybridized carbons (Fsp3) is 0.318. The Morgan fingerprint density at radius 1 is 1.17 bits per heavy atom. The third-order valence-corrected chi connectivity index (χ3v) is 4.67. The van der Waals surface area contributed by atoms with Crippen LogP contribution in [-0.2, 0) is 13.2 Å². The summed E-state index contributed by atoms with van der Waals surface area (Å²) >= 11 is 0. The van der Waals surface area contributed by atoms with Gasteiger partial charge in [0.15, 0.2) is 17.2 Å². The number of fused-ring (bicyclic) bond motifs is 1. The lowest BCUT2D eigenvalue weighted by molar-refractivity contribution is 0.0956. The number of rotatable bonds is 8. The number of amides is 1. The Balaban J connectivity index is 1.88. The van der Waals surface area contributed by atoms with E-state index in [-0.39, 0.29) is 23.8 Å². The molecule has 0 atom stereocenters. The molecule has 2 aromatic carbocycles. The van der Waals surface area contributed by atoms with Gasteiger partial charge in [0.05, 0.1) is 25.8 Å². The van der Waals surface area contributed by atoms with Crippen molar-refractivity contribution in [3.05, 3.63) is 64.1 Å². The highest BCUT2D eigenvalue weighted by Crippen LogP contribution is 2.28. The SMILES string of the molecule is CCOc1ccc(CN(C)Cn2nc(C(=O)NC)c3ccccc3c2=O)cc1OC. The first-order valence-corrected chi connectivity index (χ1v) is 9.68. The first-order chi connectivity index (χ1) is 14.5. The van der Waals surface area contributed by atoms with E-state index in [2.05, 4.69) is 10.4 Å². The molecule has 30 heavy (non-hydrogen) atoms.